The molecule has 0 radical (unpaired) electrons. The third kappa shape index (κ3) is 2.32. The number of anilines is 1. The Kier molecular flexibility index (Phi) is 3.29. The molecule has 1 aliphatic rings. The highest BCUT2D eigenvalue weighted by atomic mass is 16.5. The minimum Gasteiger partial charge on any atom is -0.495 e. The SMILES string of the molecule is COc1ccccc1NC(=O)[C@H]1Cc2ccccc2O1. The van der Waals surface area contributed by atoms with E-state index in [1.165, 1.54) is 0 Å². The maximum absolute atomic E-state index is 12.3. The van der Waals surface area contributed by atoms with Gasteiger partial charge in [0.2, 0.25) is 0 Å². The summed E-state index contributed by atoms with van der Waals surface area (Å²) in [5.74, 6) is 1.26. The van der Waals surface area contributed by atoms with Crippen molar-refractivity contribution < 1.29 is 14.3 Å². The number of hydrogen-bond acceptors (Lipinski definition) is 3. The molecule has 4 nitrogen and oxygen atoms in total. The molecule has 0 unspecified atom stereocenters. The van der Waals surface area contributed by atoms with E-state index >= 15 is 0 Å². The van der Waals surface area contributed by atoms with E-state index in [2.05, 4.69) is 5.32 Å². The molecule has 4 heteroatoms. The molecule has 0 saturated carbocycles. The summed E-state index contributed by atoms with van der Waals surface area (Å²) >= 11 is 0. The van der Waals surface area contributed by atoms with Crippen molar-refractivity contribution in [1.29, 1.82) is 0 Å². The Balaban J connectivity index is 1.72. The zero-order valence-electron chi connectivity index (χ0n) is 11.1. The van der Waals surface area contributed by atoms with E-state index in [0.29, 0.717) is 17.9 Å². The normalized spacial score (nSPS) is 16.1. The first-order valence-electron chi connectivity index (χ1n) is 6.46. The summed E-state index contributed by atoms with van der Waals surface area (Å²) in [4.78, 5) is 12.3. The van der Waals surface area contributed by atoms with Gasteiger partial charge in [-0.05, 0) is 23.8 Å². The molecule has 2 aromatic rings. The summed E-state index contributed by atoms with van der Waals surface area (Å²) in [5.41, 5.74) is 1.72. The van der Waals surface area contributed by atoms with Crippen LogP contribution in [0.15, 0.2) is 48.5 Å². The predicted octanol–water partition coefficient (Wildman–Crippen LogP) is 2.64. The van der Waals surface area contributed by atoms with Crippen LogP contribution in [0, 0.1) is 0 Å². The predicted molar refractivity (Wildman–Crippen MR) is 76.2 cm³/mol. The molecular formula is C16H15NO3. The van der Waals surface area contributed by atoms with E-state index in [9.17, 15) is 4.79 Å². The molecule has 1 heterocycles. The van der Waals surface area contributed by atoms with Crippen LogP contribution in [0.5, 0.6) is 11.5 Å². The molecular weight excluding hydrogens is 254 g/mol. The van der Waals surface area contributed by atoms with Crippen molar-refractivity contribution in [2.24, 2.45) is 0 Å². The van der Waals surface area contributed by atoms with Crippen LogP contribution in [0.3, 0.4) is 0 Å². The van der Waals surface area contributed by atoms with Crippen LogP contribution in [0.4, 0.5) is 5.69 Å². The van der Waals surface area contributed by atoms with Crippen LogP contribution in [-0.2, 0) is 11.2 Å². The van der Waals surface area contributed by atoms with Gasteiger partial charge in [-0.2, -0.15) is 0 Å². The van der Waals surface area contributed by atoms with E-state index in [1.807, 2.05) is 36.4 Å². The largest absolute Gasteiger partial charge is 0.495 e. The van der Waals surface area contributed by atoms with Gasteiger partial charge in [0.1, 0.15) is 11.5 Å². The molecule has 0 fully saturated rings. The van der Waals surface area contributed by atoms with Crippen molar-refractivity contribution in [3.8, 4) is 11.5 Å². The monoisotopic (exact) mass is 269 g/mol. The number of methoxy groups -OCH3 is 1. The number of rotatable bonds is 3. The Bertz CT molecular complexity index is 614. The molecule has 20 heavy (non-hydrogen) atoms. The zero-order valence-corrected chi connectivity index (χ0v) is 11.1. The standard InChI is InChI=1S/C16H15NO3/c1-19-14-9-5-3-7-12(14)17-16(18)15-10-11-6-2-4-8-13(11)20-15/h2-9,15H,10H2,1H3,(H,17,18)/t15-/m1/s1. The summed E-state index contributed by atoms with van der Waals surface area (Å²) in [6, 6.07) is 15.0. The van der Waals surface area contributed by atoms with Crippen molar-refractivity contribution in [2.45, 2.75) is 12.5 Å². The average Bonchev–Trinajstić information content (AvgIpc) is 2.92. The van der Waals surface area contributed by atoms with Gasteiger partial charge < -0.3 is 14.8 Å². The Morgan fingerprint density at radius 2 is 1.95 bits per heavy atom. The molecule has 0 aliphatic carbocycles. The molecule has 0 saturated heterocycles. The number of hydrogen-bond donors (Lipinski definition) is 1. The topological polar surface area (TPSA) is 47.6 Å². The average molecular weight is 269 g/mol. The highest BCUT2D eigenvalue weighted by molar-refractivity contribution is 5.96. The number of amides is 1. The third-order valence-corrected chi connectivity index (χ3v) is 3.30. The van der Waals surface area contributed by atoms with Crippen molar-refractivity contribution in [3.05, 3.63) is 54.1 Å². The number of para-hydroxylation sites is 3. The maximum Gasteiger partial charge on any atom is 0.265 e. The molecule has 1 atom stereocenters. The number of carbonyl (C=O) groups is 1. The number of benzene rings is 2. The van der Waals surface area contributed by atoms with Gasteiger partial charge in [0, 0.05) is 6.42 Å². The van der Waals surface area contributed by atoms with E-state index in [0.717, 1.165) is 11.3 Å². The smallest absolute Gasteiger partial charge is 0.265 e. The molecule has 3 rings (SSSR count). The van der Waals surface area contributed by atoms with E-state index in [4.69, 9.17) is 9.47 Å². The maximum atomic E-state index is 12.3. The molecule has 102 valence electrons. The molecule has 0 spiro atoms. The van der Waals surface area contributed by atoms with Gasteiger partial charge in [-0.3, -0.25) is 4.79 Å². The molecule has 0 aromatic heterocycles. The number of ether oxygens (including phenoxy) is 2. The van der Waals surface area contributed by atoms with E-state index in [-0.39, 0.29) is 5.91 Å². The summed E-state index contributed by atoms with van der Waals surface area (Å²) in [7, 11) is 1.58. The van der Waals surface area contributed by atoms with Crippen molar-refractivity contribution in [2.75, 3.05) is 12.4 Å². The Morgan fingerprint density at radius 3 is 2.75 bits per heavy atom. The van der Waals surface area contributed by atoms with Gasteiger partial charge in [-0.1, -0.05) is 30.3 Å². The summed E-state index contributed by atoms with van der Waals surface area (Å²) in [6.07, 6.45) is 0.106. The fraction of sp³-hybridized carbons (Fsp3) is 0.188. The van der Waals surface area contributed by atoms with Crippen LogP contribution in [0.25, 0.3) is 0 Å². The third-order valence-electron chi connectivity index (χ3n) is 3.30. The van der Waals surface area contributed by atoms with Crippen LogP contribution >= 0.6 is 0 Å². The lowest BCUT2D eigenvalue weighted by atomic mass is 10.1. The van der Waals surface area contributed by atoms with Crippen LogP contribution in [0.2, 0.25) is 0 Å². The summed E-state index contributed by atoms with van der Waals surface area (Å²) in [5, 5.41) is 2.85. The lowest BCUT2D eigenvalue weighted by Gasteiger charge is -2.13. The second-order valence-corrected chi connectivity index (χ2v) is 4.61. The molecule has 0 bridgehead atoms. The van der Waals surface area contributed by atoms with Gasteiger partial charge in [0.15, 0.2) is 6.10 Å². The fourth-order valence-electron chi connectivity index (χ4n) is 2.29. The van der Waals surface area contributed by atoms with Crippen LogP contribution in [-0.4, -0.2) is 19.1 Å². The molecule has 2 aromatic carbocycles. The second kappa shape index (κ2) is 5.25. The molecule has 1 aliphatic heterocycles. The number of fused-ring (bicyclic) bond motifs is 1. The summed E-state index contributed by atoms with van der Waals surface area (Å²) in [6.45, 7) is 0. The van der Waals surface area contributed by atoms with Crippen molar-refractivity contribution in [3.63, 3.8) is 0 Å². The van der Waals surface area contributed by atoms with Gasteiger partial charge >= 0.3 is 0 Å². The molecule has 1 N–H and O–H groups in total. The van der Waals surface area contributed by atoms with Crippen molar-refractivity contribution >= 4 is 11.6 Å². The lowest BCUT2D eigenvalue weighted by Crippen LogP contribution is -2.31. The second-order valence-electron chi connectivity index (χ2n) is 4.61. The Morgan fingerprint density at radius 1 is 1.20 bits per heavy atom. The molecule has 1 amide bonds. The summed E-state index contributed by atoms with van der Waals surface area (Å²) < 4.78 is 10.9. The van der Waals surface area contributed by atoms with E-state index < -0.39 is 6.10 Å². The van der Waals surface area contributed by atoms with Gasteiger partial charge in [0.25, 0.3) is 5.91 Å². The number of nitrogens with one attached hydrogen (secondary N) is 1. The van der Waals surface area contributed by atoms with Crippen LogP contribution in [0.1, 0.15) is 5.56 Å². The van der Waals surface area contributed by atoms with Crippen LogP contribution < -0.4 is 14.8 Å². The van der Waals surface area contributed by atoms with Crippen molar-refractivity contribution in [1.82, 2.24) is 0 Å². The first kappa shape index (κ1) is 12.5. The van der Waals surface area contributed by atoms with E-state index in [1.54, 1.807) is 19.2 Å². The zero-order chi connectivity index (χ0) is 13.9. The van der Waals surface area contributed by atoms with Gasteiger partial charge in [-0.25, -0.2) is 0 Å². The minimum absolute atomic E-state index is 0.161. The number of carbonyl (C=O) groups excluding carboxylic acids is 1. The lowest BCUT2D eigenvalue weighted by molar-refractivity contribution is -0.122. The van der Waals surface area contributed by atoms with Gasteiger partial charge in [-0.15, -0.1) is 0 Å². The highest BCUT2D eigenvalue weighted by Crippen LogP contribution is 2.29. The first-order chi connectivity index (χ1) is 9.78. The quantitative estimate of drug-likeness (QED) is 0.931. The Labute approximate surface area is 117 Å². The first-order valence-corrected chi connectivity index (χ1v) is 6.46. The minimum atomic E-state index is -0.489. The fourth-order valence-corrected chi connectivity index (χ4v) is 2.29. The highest BCUT2D eigenvalue weighted by Gasteiger charge is 2.29. The van der Waals surface area contributed by atoms with Gasteiger partial charge in [0.05, 0.1) is 12.8 Å². The Hall–Kier alpha value is -2.49.